The Morgan fingerprint density at radius 1 is 1.21 bits per heavy atom. The normalized spacial score (nSPS) is 27.4. The topological polar surface area (TPSA) is 26.3 Å². The molecule has 110 valence electrons. The molecule has 1 saturated carbocycles. The first-order valence-corrected chi connectivity index (χ1v) is 8.09. The molecule has 2 heteroatoms. The van der Waals surface area contributed by atoms with Crippen molar-refractivity contribution in [3.8, 4) is 0 Å². The zero-order valence-electron chi connectivity index (χ0n) is 13.0. The third-order valence-corrected chi connectivity index (χ3v) is 4.98. The number of carbonyl (C=O) groups excluding carboxylic acids is 1. The van der Waals surface area contributed by atoms with Crippen molar-refractivity contribution in [1.82, 2.24) is 0 Å². The van der Waals surface area contributed by atoms with Gasteiger partial charge in [-0.1, -0.05) is 40.0 Å². The molecular weight excluding hydrogens is 236 g/mol. The Hall–Kier alpha value is -0.370. The monoisotopic (exact) mass is 266 g/mol. The van der Waals surface area contributed by atoms with Crippen LogP contribution in [0.15, 0.2) is 0 Å². The third kappa shape index (κ3) is 4.05. The molecular formula is C17H30O2. The maximum atomic E-state index is 12.0. The van der Waals surface area contributed by atoms with Crippen molar-refractivity contribution in [1.29, 1.82) is 0 Å². The molecule has 0 bridgehead atoms. The maximum absolute atomic E-state index is 12.0. The second-order valence-electron chi connectivity index (χ2n) is 7.66. The molecule has 2 fully saturated rings. The quantitative estimate of drug-likeness (QED) is 0.751. The first kappa shape index (κ1) is 15.0. The van der Waals surface area contributed by atoms with Gasteiger partial charge in [-0.25, -0.2) is 0 Å². The lowest BCUT2D eigenvalue weighted by Gasteiger charge is -2.43. The number of hydrogen-bond acceptors (Lipinski definition) is 2. The van der Waals surface area contributed by atoms with Crippen molar-refractivity contribution in [2.75, 3.05) is 6.61 Å². The number of carbonyl (C=O) groups is 1. The molecule has 1 unspecified atom stereocenters. The van der Waals surface area contributed by atoms with E-state index in [0.717, 1.165) is 25.9 Å². The zero-order chi connectivity index (χ0) is 13.9. The van der Waals surface area contributed by atoms with Crippen molar-refractivity contribution in [3.05, 3.63) is 0 Å². The minimum Gasteiger partial charge on any atom is -0.375 e. The van der Waals surface area contributed by atoms with Gasteiger partial charge in [-0.15, -0.1) is 0 Å². The second kappa shape index (κ2) is 5.95. The second-order valence-corrected chi connectivity index (χ2v) is 7.66. The van der Waals surface area contributed by atoms with E-state index in [1.165, 1.54) is 38.5 Å². The van der Waals surface area contributed by atoms with Crippen LogP contribution in [0.2, 0.25) is 0 Å². The highest BCUT2D eigenvalue weighted by molar-refractivity contribution is 5.83. The Bertz CT molecular complexity index is 302. The van der Waals surface area contributed by atoms with Gasteiger partial charge in [-0.05, 0) is 38.0 Å². The van der Waals surface area contributed by atoms with Gasteiger partial charge in [0, 0.05) is 18.4 Å². The van der Waals surface area contributed by atoms with Crippen LogP contribution in [0.5, 0.6) is 0 Å². The van der Waals surface area contributed by atoms with Gasteiger partial charge in [0.15, 0.2) is 0 Å². The van der Waals surface area contributed by atoms with E-state index < -0.39 is 0 Å². The fourth-order valence-corrected chi connectivity index (χ4v) is 3.63. The highest BCUT2D eigenvalue weighted by Gasteiger charge is 2.38. The molecule has 0 radical (unpaired) electrons. The molecule has 2 rings (SSSR count). The Kier molecular flexibility index (Phi) is 4.70. The summed E-state index contributed by atoms with van der Waals surface area (Å²) >= 11 is 0. The van der Waals surface area contributed by atoms with Crippen LogP contribution < -0.4 is 0 Å². The first-order valence-electron chi connectivity index (χ1n) is 8.09. The molecule has 1 aliphatic carbocycles. The van der Waals surface area contributed by atoms with Crippen molar-refractivity contribution in [2.24, 2.45) is 11.3 Å². The van der Waals surface area contributed by atoms with Crippen LogP contribution in [0.3, 0.4) is 0 Å². The van der Waals surface area contributed by atoms with Gasteiger partial charge in [0.05, 0.1) is 5.60 Å². The molecule has 0 N–H and O–H groups in total. The van der Waals surface area contributed by atoms with E-state index in [-0.39, 0.29) is 11.0 Å². The zero-order valence-corrected chi connectivity index (χ0v) is 13.0. The standard InChI is InChI=1S/C17H30O2/c1-16(2,3)15(18)8-7-14-9-12-19-17(13-14)10-5-4-6-11-17/h14H,4-13H2,1-3H3. The highest BCUT2D eigenvalue weighted by Crippen LogP contribution is 2.42. The van der Waals surface area contributed by atoms with E-state index in [1.807, 2.05) is 20.8 Å². The summed E-state index contributed by atoms with van der Waals surface area (Å²) in [5, 5.41) is 0. The lowest BCUT2D eigenvalue weighted by Crippen LogP contribution is -2.41. The summed E-state index contributed by atoms with van der Waals surface area (Å²) in [6, 6.07) is 0. The lowest BCUT2D eigenvalue weighted by molar-refractivity contribution is -0.130. The van der Waals surface area contributed by atoms with Crippen molar-refractivity contribution in [3.63, 3.8) is 0 Å². The molecule has 19 heavy (non-hydrogen) atoms. The van der Waals surface area contributed by atoms with E-state index in [9.17, 15) is 4.79 Å². The van der Waals surface area contributed by atoms with Crippen molar-refractivity contribution >= 4 is 5.78 Å². The van der Waals surface area contributed by atoms with Crippen LogP contribution in [0, 0.1) is 11.3 Å². The fourth-order valence-electron chi connectivity index (χ4n) is 3.63. The number of ether oxygens (including phenoxy) is 1. The maximum Gasteiger partial charge on any atom is 0.138 e. The average Bonchev–Trinajstić information content (AvgIpc) is 2.36. The molecule has 0 amide bonds. The number of hydrogen-bond donors (Lipinski definition) is 0. The summed E-state index contributed by atoms with van der Waals surface area (Å²) in [6.07, 6.45) is 10.7. The predicted molar refractivity (Wildman–Crippen MR) is 78.2 cm³/mol. The molecule has 0 aromatic rings. The molecule has 1 saturated heterocycles. The van der Waals surface area contributed by atoms with Gasteiger partial charge in [0.25, 0.3) is 0 Å². The summed E-state index contributed by atoms with van der Waals surface area (Å²) in [4.78, 5) is 12.0. The van der Waals surface area contributed by atoms with Gasteiger partial charge >= 0.3 is 0 Å². The minimum absolute atomic E-state index is 0.173. The van der Waals surface area contributed by atoms with E-state index in [1.54, 1.807) is 0 Å². The highest BCUT2D eigenvalue weighted by atomic mass is 16.5. The fraction of sp³-hybridized carbons (Fsp3) is 0.941. The Morgan fingerprint density at radius 3 is 2.53 bits per heavy atom. The van der Waals surface area contributed by atoms with Crippen LogP contribution in [-0.4, -0.2) is 18.0 Å². The average molecular weight is 266 g/mol. The van der Waals surface area contributed by atoms with E-state index in [4.69, 9.17) is 4.74 Å². The number of rotatable bonds is 3. The Labute approximate surface area is 118 Å². The van der Waals surface area contributed by atoms with Crippen LogP contribution in [0.4, 0.5) is 0 Å². The van der Waals surface area contributed by atoms with Crippen molar-refractivity contribution < 1.29 is 9.53 Å². The van der Waals surface area contributed by atoms with E-state index >= 15 is 0 Å². The molecule has 2 aliphatic rings. The molecule has 1 heterocycles. The summed E-state index contributed by atoms with van der Waals surface area (Å²) in [5.74, 6) is 1.12. The lowest BCUT2D eigenvalue weighted by atomic mass is 9.74. The van der Waals surface area contributed by atoms with Crippen LogP contribution >= 0.6 is 0 Å². The molecule has 1 spiro atoms. The van der Waals surface area contributed by atoms with Crippen LogP contribution in [0.25, 0.3) is 0 Å². The summed E-state index contributed by atoms with van der Waals surface area (Å²) in [5.41, 5.74) is 0.0135. The summed E-state index contributed by atoms with van der Waals surface area (Å²) < 4.78 is 6.13. The van der Waals surface area contributed by atoms with Gasteiger partial charge in [-0.3, -0.25) is 4.79 Å². The molecule has 0 aromatic carbocycles. The summed E-state index contributed by atoms with van der Waals surface area (Å²) in [6.45, 7) is 7.00. The first-order chi connectivity index (χ1) is 8.91. The smallest absolute Gasteiger partial charge is 0.138 e. The minimum atomic E-state index is -0.173. The van der Waals surface area contributed by atoms with E-state index in [2.05, 4.69) is 0 Å². The van der Waals surface area contributed by atoms with Gasteiger partial charge in [-0.2, -0.15) is 0 Å². The van der Waals surface area contributed by atoms with Gasteiger partial charge in [0.1, 0.15) is 5.78 Å². The molecule has 0 aromatic heterocycles. The Morgan fingerprint density at radius 2 is 1.89 bits per heavy atom. The molecule has 1 atom stereocenters. The van der Waals surface area contributed by atoms with Crippen molar-refractivity contribution in [2.45, 2.75) is 84.2 Å². The number of Topliss-reactive ketones (excluding diaryl/α,β-unsaturated/α-hetero) is 1. The number of ketones is 1. The van der Waals surface area contributed by atoms with Crippen LogP contribution in [-0.2, 0) is 9.53 Å². The SMILES string of the molecule is CC(C)(C)C(=O)CCC1CCOC2(CCCCC2)C1. The van der Waals surface area contributed by atoms with Crippen LogP contribution in [0.1, 0.15) is 78.6 Å². The van der Waals surface area contributed by atoms with Gasteiger partial charge < -0.3 is 4.74 Å². The third-order valence-electron chi connectivity index (χ3n) is 4.98. The molecule has 1 aliphatic heterocycles. The molecule has 2 nitrogen and oxygen atoms in total. The Balaban J connectivity index is 1.83. The summed E-state index contributed by atoms with van der Waals surface area (Å²) in [7, 11) is 0. The predicted octanol–water partition coefficient (Wildman–Crippen LogP) is 4.51. The van der Waals surface area contributed by atoms with Gasteiger partial charge in [0.2, 0.25) is 0 Å². The van der Waals surface area contributed by atoms with E-state index in [0.29, 0.717) is 11.7 Å². The largest absolute Gasteiger partial charge is 0.375 e.